The summed E-state index contributed by atoms with van der Waals surface area (Å²) >= 11 is 0. The first kappa shape index (κ1) is 43.9. The Kier molecular flexibility index (Phi) is 36.4. The number of ether oxygens (including phenoxy) is 2. The second-order valence-electron chi connectivity index (χ2n) is 13.7. The van der Waals surface area contributed by atoms with Crippen molar-refractivity contribution in [1.29, 1.82) is 0 Å². The van der Waals surface area contributed by atoms with Crippen molar-refractivity contribution in [3.05, 3.63) is 0 Å². The first-order valence-corrected chi connectivity index (χ1v) is 20.1. The van der Waals surface area contributed by atoms with Crippen LogP contribution in [0.5, 0.6) is 0 Å². The van der Waals surface area contributed by atoms with Crippen LogP contribution in [0.2, 0.25) is 0 Å². The molecular weight excluding hydrogens is 560 g/mol. The molecule has 0 heterocycles. The van der Waals surface area contributed by atoms with Gasteiger partial charge >= 0.3 is 11.9 Å². The summed E-state index contributed by atoms with van der Waals surface area (Å²) in [4.78, 5) is 24.2. The molecule has 0 fully saturated rings. The Bertz CT molecular complexity index is 607. The number of esters is 2. The maximum atomic E-state index is 12.1. The number of rotatable bonds is 37. The SMILES string of the molecule is CCCCCCCCCCCCCCCCCCCCCC(=O)OCC(CO)OC(=O)CCCCCCCCCCCCCC. The summed E-state index contributed by atoms with van der Waals surface area (Å²) in [6.45, 7) is 4.16. The van der Waals surface area contributed by atoms with Gasteiger partial charge in [-0.1, -0.05) is 200 Å². The van der Waals surface area contributed by atoms with Crippen molar-refractivity contribution in [2.45, 2.75) is 232 Å². The monoisotopic (exact) mass is 639 g/mol. The van der Waals surface area contributed by atoms with Crippen LogP contribution >= 0.6 is 0 Å². The van der Waals surface area contributed by atoms with Gasteiger partial charge in [0.05, 0.1) is 6.61 Å². The minimum atomic E-state index is -0.760. The second kappa shape index (κ2) is 37.4. The number of aliphatic hydroxyl groups is 1. The van der Waals surface area contributed by atoms with Crippen molar-refractivity contribution >= 4 is 11.9 Å². The van der Waals surface area contributed by atoms with E-state index in [1.807, 2.05) is 0 Å². The van der Waals surface area contributed by atoms with E-state index in [1.54, 1.807) is 0 Å². The van der Waals surface area contributed by atoms with E-state index in [0.29, 0.717) is 12.8 Å². The minimum absolute atomic E-state index is 0.0569. The summed E-state index contributed by atoms with van der Waals surface area (Å²) in [6, 6.07) is 0. The lowest BCUT2D eigenvalue weighted by molar-refractivity contribution is -0.161. The first-order chi connectivity index (χ1) is 22.1. The Labute approximate surface area is 280 Å². The highest BCUT2D eigenvalue weighted by Crippen LogP contribution is 2.16. The normalized spacial score (nSPS) is 12.0. The molecule has 0 aliphatic carbocycles. The van der Waals surface area contributed by atoms with Gasteiger partial charge in [0, 0.05) is 12.8 Å². The van der Waals surface area contributed by atoms with Gasteiger partial charge in [-0.05, 0) is 12.8 Å². The van der Waals surface area contributed by atoms with E-state index in [9.17, 15) is 14.7 Å². The molecule has 0 saturated heterocycles. The largest absolute Gasteiger partial charge is 0.462 e. The molecule has 268 valence electrons. The van der Waals surface area contributed by atoms with Gasteiger partial charge < -0.3 is 14.6 Å². The molecule has 1 N–H and O–H groups in total. The lowest BCUT2D eigenvalue weighted by Crippen LogP contribution is -2.28. The molecule has 0 spiro atoms. The highest BCUT2D eigenvalue weighted by molar-refractivity contribution is 5.70. The fourth-order valence-electron chi connectivity index (χ4n) is 6.08. The van der Waals surface area contributed by atoms with E-state index >= 15 is 0 Å². The molecule has 0 aliphatic rings. The van der Waals surface area contributed by atoms with Crippen LogP contribution < -0.4 is 0 Å². The summed E-state index contributed by atoms with van der Waals surface area (Å²) in [5.74, 6) is -0.576. The molecule has 5 heteroatoms. The summed E-state index contributed by atoms with van der Waals surface area (Å²) in [7, 11) is 0. The molecule has 1 atom stereocenters. The fourth-order valence-corrected chi connectivity index (χ4v) is 6.08. The number of aliphatic hydroxyl groups excluding tert-OH is 1. The molecule has 0 amide bonds. The Morgan fingerprint density at radius 1 is 0.422 bits per heavy atom. The predicted octanol–water partition coefficient (Wildman–Crippen LogP) is 12.3. The lowest BCUT2D eigenvalue weighted by atomic mass is 10.0. The fraction of sp³-hybridized carbons (Fsp3) is 0.950. The highest BCUT2D eigenvalue weighted by atomic mass is 16.6. The van der Waals surface area contributed by atoms with Crippen molar-refractivity contribution in [3.63, 3.8) is 0 Å². The number of carbonyl (C=O) groups excluding carboxylic acids is 2. The van der Waals surface area contributed by atoms with Crippen molar-refractivity contribution in [1.82, 2.24) is 0 Å². The molecule has 0 aliphatic heterocycles. The predicted molar refractivity (Wildman–Crippen MR) is 192 cm³/mol. The minimum Gasteiger partial charge on any atom is -0.462 e. The van der Waals surface area contributed by atoms with Crippen LogP contribution in [0.15, 0.2) is 0 Å². The molecule has 0 aromatic rings. The number of carbonyl (C=O) groups is 2. The molecule has 5 nitrogen and oxygen atoms in total. The molecule has 0 radical (unpaired) electrons. The first-order valence-electron chi connectivity index (χ1n) is 20.1. The zero-order valence-electron chi connectivity index (χ0n) is 30.4. The Hall–Kier alpha value is -1.10. The number of unbranched alkanes of at least 4 members (excludes halogenated alkanes) is 29. The molecule has 0 bridgehead atoms. The smallest absolute Gasteiger partial charge is 0.306 e. The summed E-state index contributed by atoms with van der Waals surface area (Å²) < 4.78 is 10.6. The lowest BCUT2D eigenvalue weighted by Gasteiger charge is -2.15. The van der Waals surface area contributed by atoms with Gasteiger partial charge in [0.2, 0.25) is 0 Å². The topological polar surface area (TPSA) is 72.8 Å². The van der Waals surface area contributed by atoms with E-state index in [1.165, 1.54) is 167 Å². The molecule has 45 heavy (non-hydrogen) atoms. The van der Waals surface area contributed by atoms with Crippen LogP contribution in [0, 0.1) is 0 Å². The summed E-state index contributed by atoms with van der Waals surface area (Å²) in [5, 5.41) is 9.54. The highest BCUT2D eigenvalue weighted by Gasteiger charge is 2.16. The van der Waals surface area contributed by atoms with Crippen LogP contribution in [-0.4, -0.2) is 36.4 Å². The number of hydrogen-bond acceptors (Lipinski definition) is 5. The maximum Gasteiger partial charge on any atom is 0.306 e. The maximum absolute atomic E-state index is 12.1. The van der Waals surface area contributed by atoms with Gasteiger partial charge in [0.1, 0.15) is 6.61 Å². The van der Waals surface area contributed by atoms with Gasteiger partial charge in [-0.3, -0.25) is 9.59 Å². The van der Waals surface area contributed by atoms with Gasteiger partial charge in [-0.15, -0.1) is 0 Å². The third-order valence-corrected chi connectivity index (χ3v) is 9.15. The van der Waals surface area contributed by atoms with Crippen molar-refractivity contribution in [2.24, 2.45) is 0 Å². The van der Waals surface area contributed by atoms with Crippen LogP contribution in [0.4, 0.5) is 0 Å². The standard InChI is InChI=1S/C40H78O5/c1-3-5-7-9-11-13-15-17-18-19-20-21-22-23-25-26-28-30-32-34-39(42)44-37-38(36-41)45-40(43)35-33-31-29-27-24-16-14-12-10-8-6-4-2/h38,41H,3-37H2,1-2H3. The number of hydrogen-bond donors (Lipinski definition) is 1. The quantitative estimate of drug-likeness (QED) is 0.0541. The van der Waals surface area contributed by atoms with E-state index in [0.717, 1.165) is 32.1 Å². The summed E-state index contributed by atoms with van der Waals surface area (Å²) in [5.41, 5.74) is 0. The third kappa shape index (κ3) is 35.6. The average molecular weight is 639 g/mol. The molecule has 0 rings (SSSR count). The van der Waals surface area contributed by atoms with Gasteiger partial charge in [0.25, 0.3) is 0 Å². The second-order valence-corrected chi connectivity index (χ2v) is 13.7. The van der Waals surface area contributed by atoms with E-state index in [4.69, 9.17) is 9.47 Å². The van der Waals surface area contributed by atoms with Crippen LogP contribution in [-0.2, 0) is 19.1 Å². The van der Waals surface area contributed by atoms with Gasteiger partial charge in [0.15, 0.2) is 6.10 Å². The Morgan fingerprint density at radius 3 is 0.978 bits per heavy atom. The van der Waals surface area contributed by atoms with Crippen molar-refractivity contribution in [2.75, 3.05) is 13.2 Å². The summed E-state index contributed by atoms with van der Waals surface area (Å²) in [6.07, 6.45) is 40.2. The Balaban J connectivity index is 3.46. The van der Waals surface area contributed by atoms with E-state index in [-0.39, 0.29) is 25.2 Å². The zero-order valence-corrected chi connectivity index (χ0v) is 30.4. The van der Waals surface area contributed by atoms with Crippen LogP contribution in [0.3, 0.4) is 0 Å². The van der Waals surface area contributed by atoms with Crippen LogP contribution in [0.25, 0.3) is 0 Å². The van der Waals surface area contributed by atoms with Crippen LogP contribution in [0.1, 0.15) is 226 Å². The molecule has 0 aromatic heterocycles. The van der Waals surface area contributed by atoms with Gasteiger partial charge in [-0.2, -0.15) is 0 Å². The van der Waals surface area contributed by atoms with E-state index in [2.05, 4.69) is 13.8 Å². The molecule has 0 aromatic carbocycles. The molecular formula is C40H78O5. The molecule has 1 unspecified atom stereocenters. The third-order valence-electron chi connectivity index (χ3n) is 9.15. The molecule has 0 saturated carbocycles. The van der Waals surface area contributed by atoms with E-state index < -0.39 is 6.10 Å². The Morgan fingerprint density at radius 2 is 0.689 bits per heavy atom. The van der Waals surface area contributed by atoms with Crippen molar-refractivity contribution in [3.8, 4) is 0 Å². The van der Waals surface area contributed by atoms with Crippen molar-refractivity contribution < 1.29 is 24.2 Å². The van der Waals surface area contributed by atoms with Gasteiger partial charge in [-0.25, -0.2) is 0 Å². The zero-order chi connectivity index (χ0) is 32.9. The average Bonchev–Trinajstić information content (AvgIpc) is 3.04.